The van der Waals surface area contributed by atoms with E-state index in [1.807, 2.05) is 0 Å². The lowest BCUT2D eigenvalue weighted by molar-refractivity contribution is -0.356. The van der Waals surface area contributed by atoms with Gasteiger partial charge in [0.05, 0.1) is 26.4 Å². The number of aliphatic hydroxyl groups excluding tert-OH is 2. The Kier molecular flexibility index (Phi) is 12.0. The Bertz CT molecular complexity index is 156. The van der Waals surface area contributed by atoms with Crippen LogP contribution in [0.25, 0.3) is 0 Å². The molecule has 0 radical (unpaired) electrons. The van der Waals surface area contributed by atoms with Crippen molar-refractivity contribution in [3.63, 3.8) is 0 Å². The third-order valence-electron chi connectivity index (χ3n) is 0.729. The number of hydrogen-bond acceptors (Lipinski definition) is 6. The Morgan fingerprint density at radius 2 is 1.33 bits per heavy atom. The van der Waals surface area contributed by atoms with Crippen LogP contribution < -0.4 is 0 Å². The van der Waals surface area contributed by atoms with Crippen molar-refractivity contribution in [3.8, 4) is 0 Å². The lowest BCUT2D eigenvalue weighted by Gasteiger charge is -2.13. The number of hydroxylamine groups is 2. The highest BCUT2D eigenvalue weighted by Gasteiger charge is 2.00. The minimum absolute atomic E-state index is 0.0488. The molecule has 0 spiro atoms. The van der Waals surface area contributed by atoms with Crippen molar-refractivity contribution in [1.82, 2.24) is 5.23 Å². The van der Waals surface area contributed by atoms with Gasteiger partial charge < -0.3 is 24.9 Å². The van der Waals surface area contributed by atoms with Gasteiger partial charge in [-0.3, -0.25) is 9.68 Å². The molecule has 0 fully saturated rings. The second-order valence-electron chi connectivity index (χ2n) is 2.07. The van der Waals surface area contributed by atoms with Crippen molar-refractivity contribution in [2.45, 2.75) is 0 Å². The van der Waals surface area contributed by atoms with Crippen LogP contribution in [0.4, 0.5) is 0 Å². The van der Waals surface area contributed by atoms with E-state index >= 15 is 0 Å². The molecule has 5 N–H and O–H groups in total. The molecule has 0 saturated carbocycles. The summed E-state index contributed by atoms with van der Waals surface area (Å²) >= 11 is 0. The van der Waals surface area contributed by atoms with Crippen molar-refractivity contribution in [1.29, 1.82) is 0 Å². The van der Waals surface area contributed by atoms with Gasteiger partial charge in [-0.25, -0.2) is 4.57 Å². The zero-order valence-electron chi connectivity index (χ0n) is 8.18. The maximum Gasteiger partial charge on any atom is 0.466 e. The molecule has 94 valence electrons. The van der Waals surface area contributed by atoms with Gasteiger partial charge in [0.1, 0.15) is 0 Å². The first kappa shape index (κ1) is 17.3. The zero-order valence-corrected chi connectivity index (χ0v) is 9.08. The highest BCUT2D eigenvalue weighted by Crippen LogP contribution is 2.25. The highest BCUT2D eigenvalue weighted by molar-refractivity contribution is 7.45. The summed E-state index contributed by atoms with van der Waals surface area (Å²) in [5.41, 5.74) is 0. The summed E-state index contributed by atoms with van der Waals surface area (Å²) in [4.78, 5) is 31.0. The quantitative estimate of drug-likeness (QED) is 0.263. The molecule has 0 aliphatic rings. The van der Waals surface area contributed by atoms with Gasteiger partial charge in [0, 0.05) is 7.05 Å². The monoisotopic (exact) mass is 249 g/mol. The molecule has 9 nitrogen and oxygen atoms in total. The molecule has 15 heavy (non-hydrogen) atoms. The molecule has 0 aliphatic carbocycles. The molecule has 0 unspecified atom stereocenters. The Balaban J connectivity index is 0. The topological polar surface area (TPSA) is 140 Å². The van der Waals surface area contributed by atoms with E-state index in [0.29, 0.717) is 0 Å². The lowest BCUT2D eigenvalue weighted by Crippen LogP contribution is -2.22. The molecule has 0 amide bonds. The smallest absolute Gasteiger partial charge is 0.394 e. The van der Waals surface area contributed by atoms with Crippen LogP contribution in [0.1, 0.15) is 0 Å². The van der Waals surface area contributed by atoms with E-state index in [1.54, 1.807) is 7.05 Å². The molecule has 0 heterocycles. The van der Waals surface area contributed by atoms with E-state index in [9.17, 15) is 0 Å². The first-order valence-electron chi connectivity index (χ1n) is 3.80. The summed E-state index contributed by atoms with van der Waals surface area (Å²) in [6, 6.07) is 0. The minimum Gasteiger partial charge on any atom is -0.394 e. The van der Waals surface area contributed by atoms with Crippen molar-refractivity contribution in [2.24, 2.45) is 0 Å². The van der Waals surface area contributed by atoms with Crippen LogP contribution in [0.5, 0.6) is 0 Å². The van der Waals surface area contributed by atoms with Gasteiger partial charge in [0.15, 0.2) is 0 Å². The summed E-state index contributed by atoms with van der Waals surface area (Å²) in [6.45, 7) is 0.295. The van der Waals surface area contributed by atoms with Crippen LogP contribution in [-0.4, -0.2) is 63.6 Å². The number of phosphoric acid groups is 1. The van der Waals surface area contributed by atoms with E-state index < -0.39 is 7.82 Å². The SMILES string of the molecule is CN(OCCO)OCCO.O=P(O)(O)O. The molecule has 0 rings (SSSR count). The predicted octanol–water partition coefficient (Wildman–Crippen LogP) is -2.16. The number of nitrogens with zero attached hydrogens (tertiary/aromatic N) is 1. The summed E-state index contributed by atoms with van der Waals surface area (Å²) in [5, 5.41) is 17.7. The van der Waals surface area contributed by atoms with Crippen LogP contribution >= 0.6 is 7.82 Å². The fourth-order valence-corrected chi connectivity index (χ4v) is 0.376. The van der Waals surface area contributed by atoms with Crippen molar-refractivity contribution in [3.05, 3.63) is 0 Å². The van der Waals surface area contributed by atoms with Gasteiger partial charge >= 0.3 is 7.82 Å². The van der Waals surface area contributed by atoms with Crippen LogP contribution in [0.3, 0.4) is 0 Å². The lowest BCUT2D eigenvalue weighted by atomic mass is 10.8. The van der Waals surface area contributed by atoms with Crippen molar-refractivity contribution < 1.29 is 39.1 Å². The molecular formula is C5H16NO8P. The molecule has 0 saturated heterocycles. The Morgan fingerprint density at radius 3 is 1.53 bits per heavy atom. The van der Waals surface area contributed by atoms with Crippen LogP contribution in [0.15, 0.2) is 0 Å². The van der Waals surface area contributed by atoms with Crippen LogP contribution in [0.2, 0.25) is 0 Å². The highest BCUT2D eigenvalue weighted by atomic mass is 31.2. The van der Waals surface area contributed by atoms with E-state index in [-0.39, 0.29) is 26.4 Å². The van der Waals surface area contributed by atoms with Crippen LogP contribution in [-0.2, 0) is 14.2 Å². The average Bonchev–Trinajstić information content (AvgIpc) is 2.08. The van der Waals surface area contributed by atoms with Crippen LogP contribution in [0, 0.1) is 0 Å². The summed E-state index contributed by atoms with van der Waals surface area (Å²) in [6.07, 6.45) is 0. The van der Waals surface area contributed by atoms with E-state index in [4.69, 9.17) is 39.1 Å². The van der Waals surface area contributed by atoms with Gasteiger partial charge in [-0.1, -0.05) is 5.23 Å². The number of aliphatic hydroxyl groups is 2. The zero-order chi connectivity index (χ0) is 12.3. The Hall–Kier alpha value is -0.0900. The first-order valence-corrected chi connectivity index (χ1v) is 5.37. The minimum atomic E-state index is -4.64. The second kappa shape index (κ2) is 10.4. The van der Waals surface area contributed by atoms with Crippen molar-refractivity contribution in [2.75, 3.05) is 33.5 Å². The van der Waals surface area contributed by atoms with Gasteiger partial charge in [0.25, 0.3) is 0 Å². The van der Waals surface area contributed by atoms with Crippen molar-refractivity contribution >= 4 is 7.82 Å². The van der Waals surface area contributed by atoms with E-state index in [0.717, 1.165) is 5.23 Å². The van der Waals surface area contributed by atoms with Gasteiger partial charge in [0.2, 0.25) is 0 Å². The Labute approximate surface area is 86.6 Å². The van der Waals surface area contributed by atoms with Gasteiger partial charge in [-0.05, 0) is 0 Å². The largest absolute Gasteiger partial charge is 0.466 e. The average molecular weight is 249 g/mol. The van der Waals surface area contributed by atoms with E-state index in [2.05, 4.69) is 0 Å². The molecule has 10 heteroatoms. The molecule has 0 aliphatic heterocycles. The summed E-state index contributed by atoms with van der Waals surface area (Å²) in [5.74, 6) is 0. The second-order valence-corrected chi connectivity index (χ2v) is 3.09. The maximum absolute atomic E-state index is 8.88. The fraction of sp³-hybridized carbons (Fsp3) is 1.00. The normalized spacial score (nSPS) is 11.1. The molecule has 0 aromatic carbocycles. The fourth-order valence-electron chi connectivity index (χ4n) is 0.376. The predicted molar refractivity (Wildman–Crippen MR) is 48.1 cm³/mol. The first-order chi connectivity index (χ1) is 6.81. The van der Waals surface area contributed by atoms with E-state index in [1.165, 1.54) is 0 Å². The third kappa shape index (κ3) is 31.5. The third-order valence-corrected chi connectivity index (χ3v) is 0.729. The molecule has 0 bridgehead atoms. The molecule has 0 aromatic rings. The molecular weight excluding hydrogens is 233 g/mol. The number of hydrogen-bond donors (Lipinski definition) is 5. The molecule has 0 aromatic heterocycles. The molecule has 0 atom stereocenters. The summed E-state index contributed by atoms with van der Waals surface area (Å²) < 4.78 is 8.88. The maximum atomic E-state index is 8.88. The standard InChI is InChI=1S/C5H13NO4.H3O4P/c1-6(9-4-2-7)10-5-3-8;1-5(2,3)4/h7-8H,2-5H2,1H3;(H3,1,2,3,4). The number of rotatable bonds is 6. The van der Waals surface area contributed by atoms with Gasteiger partial charge in [-0.2, -0.15) is 0 Å². The van der Waals surface area contributed by atoms with Gasteiger partial charge in [-0.15, -0.1) is 0 Å². The Morgan fingerprint density at radius 1 is 1.07 bits per heavy atom. The summed E-state index contributed by atoms with van der Waals surface area (Å²) in [7, 11) is -3.09.